The number of carbonyl (C=O) groups excluding carboxylic acids is 1. The molecule has 0 spiro atoms. The first-order valence-corrected chi connectivity index (χ1v) is 14.8. The number of carbonyl (C=O) groups is 1. The van der Waals surface area contributed by atoms with Crippen LogP contribution in [0.4, 0.5) is 5.69 Å². The average Bonchev–Trinajstić information content (AvgIpc) is 3.48. The quantitative estimate of drug-likeness (QED) is 0.294. The Hall–Kier alpha value is -3.40. The van der Waals surface area contributed by atoms with Crippen LogP contribution in [-0.4, -0.2) is 61.8 Å². The number of halogens is 3. The number of hydrogen-bond donors (Lipinski definition) is 0. The van der Waals surface area contributed by atoms with Crippen LogP contribution in [0.2, 0.25) is 15.1 Å². The van der Waals surface area contributed by atoms with E-state index >= 15 is 0 Å². The van der Waals surface area contributed by atoms with E-state index in [4.69, 9.17) is 34.8 Å². The molecular weight excluding hydrogens is 585 g/mol. The first-order valence-electron chi connectivity index (χ1n) is 13.6. The van der Waals surface area contributed by atoms with Crippen molar-refractivity contribution in [3.63, 3.8) is 0 Å². The molecule has 1 amide bonds. The summed E-state index contributed by atoms with van der Waals surface area (Å²) in [6, 6.07) is 14.7. The Labute approximate surface area is 252 Å². The molecule has 1 saturated heterocycles. The number of anilines is 1. The van der Waals surface area contributed by atoms with Crippen LogP contribution in [0.25, 0.3) is 16.9 Å². The molecule has 6 rings (SSSR count). The third kappa shape index (κ3) is 5.58. The minimum Gasteiger partial charge on any atom is -0.365 e. The highest BCUT2D eigenvalue weighted by molar-refractivity contribution is 6.39. The minimum atomic E-state index is -0.361. The molecule has 0 bridgehead atoms. The van der Waals surface area contributed by atoms with Gasteiger partial charge in [-0.05, 0) is 49.9 Å². The van der Waals surface area contributed by atoms with Crippen molar-refractivity contribution in [3.05, 3.63) is 86.3 Å². The standard InChI is InChI=1S/C29H28Cl3N7O2/c30-22-7-4-8-23(31)26(22)24-18-38(35-34-24)20-11-9-19(10-12-20)28(40)37-15-13-36(14-16-37)25-17-33-39(29(41)27(25)32)21-5-2-1-3-6-21/h1-8,17-20H,9-16H2. The molecule has 4 aromatic rings. The molecule has 0 N–H and O–H groups in total. The van der Waals surface area contributed by atoms with Gasteiger partial charge in [0.05, 0.1) is 39.9 Å². The van der Waals surface area contributed by atoms with E-state index in [1.807, 2.05) is 51.0 Å². The second kappa shape index (κ2) is 11.8. The van der Waals surface area contributed by atoms with Gasteiger partial charge in [-0.1, -0.05) is 64.3 Å². The van der Waals surface area contributed by atoms with Crippen LogP contribution in [0, 0.1) is 5.92 Å². The fourth-order valence-electron chi connectivity index (χ4n) is 5.72. The van der Waals surface area contributed by atoms with Crippen LogP contribution in [0.5, 0.6) is 0 Å². The lowest BCUT2D eigenvalue weighted by molar-refractivity contribution is -0.137. The van der Waals surface area contributed by atoms with Gasteiger partial charge in [-0.25, -0.2) is 4.68 Å². The Kier molecular flexibility index (Phi) is 8.01. The highest BCUT2D eigenvalue weighted by Crippen LogP contribution is 2.36. The minimum absolute atomic E-state index is 0.0149. The van der Waals surface area contributed by atoms with Crippen LogP contribution in [0.1, 0.15) is 31.7 Å². The Bertz CT molecular complexity index is 1590. The van der Waals surface area contributed by atoms with Gasteiger partial charge in [0.1, 0.15) is 10.7 Å². The fraction of sp³-hybridized carbons (Fsp3) is 0.345. The number of piperazine rings is 1. The maximum atomic E-state index is 13.4. The molecule has 0 atom stereocenters. The number of rotatable bonds is 5. The van der Waals surface area contributed by atoms with Crippen molar-refractivity contribution < 1.29 is 4.79 Å². The Morgan fingerprint density at radius 3 is 2.22 bits per heavy atom. The second-order valence-corrected chi connectivity index (χ2v) is 11.6. The van der Waals surface area contributed by atoms with Gasteiger partial charge in [-0.3, -0.25) is 9.59 Å². The van der Waals surface area contributed by atoms with Gasteiger partial charge < -0.3 is 9.80 Å². The molecule has 2 aliphatic rings. The summed E-state index contributed by atoms with van der Waals surface area (Å²) in [6.45, 7) is 2.32. The van der Waals surface area contributed by atoms with E-state index in [9.17, 15) is 9.59 Å². The van der Waals surface area contributed by atoms with Crippen molar-refractivity contribution in [3.8, 4) is 16.9 Å². The number of hydrogen-bond acceptors (Lipinski definition) is 6. The number of nitrogens with zero attached hydrogens (tertiary/aromatic N) is 7. The molecule has 2 aromatic carbocycles. The lowest BCUT2D eigenvalue weighted by Gasteiger charge is -2.38. The molecule has 1 aliphatic carbocycles. The van der Waals surface area contributed by atoms with E-state index < -0.39 is 0 Å². The number of aromatic nitrogens is 5. The number of benzene rings is 2. The molecule has 2 fully saturated rings. The first kappa shape index (κ1) is 27.8. The van der Waals surface area contributed by atoms with E-state index in [0.29, 0.717) is 58.9 Å². The van der Waals surface area contributed by atoms with E-state index in [-0.39, 0.29) is 28.4 Å². The van der Waals surface area contributed by atoms with Gasteiger partial charge >= 0.3 is 0 Å². The van der Waals surface area contributed by atoms with Crippen molar-refractivity contribution in [1.29, 1.82) is 0 Å². The Morgan fingerprint density at radius 2 is 1.54 bits per heavy atom. The summed E-state index contributed by atoms with van der Waals surface area (Å²) in [4.78, 5) is 30.2. The molecule has 3 heterocycles. The predicted octanol–water partition coefficient (Wildman–Crippen LogP) is 5.53. The molecular formula is C29H28Cl3N7O2. The van der Waals surface area contributed by atoms with Crippen LogP contribution < -0.4 is 10.5 Å². The zero-order chi connectivity index (χ0) is 28.5. The van der Waals surface area contributed by atoms with Gasteiger partial charge in [0.15, 0.2) is 0 Å². The molecule has 0 unspecified atom stereocenters. The van der Waals surface area contributed by atoms with E-state index in [1.54, 1.807) is 24.4 Å². The molecule has 1 aliphatic heterocycles. The zero-order valence-corrected chi connectivity index (χ0v) is 24.4. The summed E-state index contributed by atoms with van der Waals surface area (Å²) in [7, 11) is 0. The van der Waals surface area contributed by atoms with Gasteiger partial charge in [0.25, 0.3) is 5.56 Å². The normalized spacial score (nSPS) is 19.4. The van der Waals surface area contributed by atoms with Gasteiger partial charge in [-0.2, -0.15) is 9.78 Å². The summed E-state index contributed by atoms with van der Waals surface area (Å²) in [6.07, 6.45) is 6.78. The molecule has 0 radical (unpaired) electrons. The van der Waals surface area contributed by atoms with E-state index in [2.05, 4.69) is 15.4 Å². The third-order valence-corrected chi connectivity index (χ3v) is 8.97. The predicted molar refractivity (Wildman–Crippen MR) is 160 cm³/mol. The SMILES string of the molecule is O=C(C1CCC(n2cc(-c3c(Cl)cccc3Cl)nn2)CC1)N1CCN(c2cnn(-c3ccccc3)c(=O)c2Cl)CC1. The zero-order valence-electron chi connectivity index (χ0n) is 22.2. The summed E-state index contributed by atoms with van der Waals surface area (Å²) in [5.41, 5.74) is 2.22. The highest BCUT2D eigenvalue weighted by atomic mass is 35.5. The second-order valence-electron chi connectivity index (χ2n) is 10.4. The summed E-state index contributed by atoms with van der Waals surface area (Å²) < 4.78 is 3.17. The van der Waals surface area contributed by atoms with Crippen molar-refractivity contribution in [2.24, 2.45) is 5.92 Å². The van der Waals surface area contributed by atoms with E-state index in [1.165, 1.54) is 4.68 Å². The highest BCUT2D eigenvalue weighted by Gasteiger charge is 2.33. The molecule has 212 valence electrons. The summed E-state index contributed by atoms with van der Waals surface area (Å²) in [5, 5.41) is 14.2. The molecule has 2 aromatic heterocycles. The maximum absolute atomic E-state index is 13.4. The molecule has 41 heavy (non-hydrogen) atoms. The van der Waals surface area contributed by atoms with E-state index in [0.717, 1.165) is 25.7 Å². The maximum Gasteiger partial charge on any atom is 0.292 e. The van der Waals surface area contributed by atoms with Gasteiger partial charge in [0.2, 0.25) is 5.91 Å². The van der Waals surface area contributed by atoms with Gasteiger partial charge in [-0.15, -0.1) is 5.10 Å². The van der Waals surface area contributed by atoms with Crippen LogP contribution in [-0.2, 0) is 4.79 Å². The molecule has 1 saturated carbocycles. The Morgan fingerprint density at radius 1 is 0.854 bits per heavy atom. The third-order valence-electron chi connectivity index (χ3n) is 7.98. The van der Waals surface area contributed by atoms with Crippen LogP contribution in [0.15, 0.2) is 65.7 Å². The summed E-state index contributed by atoms with van der Waals surface area (Å²) in [5.74, 6) is 0.174. The smallest absolute Gasteiger partial charge is 0.292 e. The summed E-state index contributed by atoms with van der Waals surface area (Å²) >= 11 is 19.2. The van der Waals surface area contributed by atoms with Crippen molar-refractivity contribution in [1.82, 2.24) is 29.7 Å². The monoisotopic (exact) mass is 611 g/mol. The number of amides is 1. The Balaban J connectivity index is 1.04. The number of para-hydroxylation sites is 1. The average molecular weight is 613 g/mol. The lowest BCUT2D eigenvalue weighted by atomic mass is 9.85. The lowest BCUT2D eigenvalue weighted by Crippen LogP contribution is -2.51. The van der Waals surface area contributed by atoms with Crippen molar-refractivity contribution >= 4 is 46.4 Å². The van der Waals surface area contributed by atoms with Crippen molar-refractivity contribution in [2.75, 3.05) is 31.1 Å². The van der Waals surface area contributed by atoms with Crippen LogP contribution >= 0.6 is 34.8 Å². The largest absolute Gasteiger partial charge is 0.365 e. The topological polar surface area (TPSA) is 89.2 Å². The van der Waals surface area contributed by atoms with Crippen LogP contribution in [0.3, 0.4) is 0 Å². The molecule has 12 heteroatoms. The molecule has 9 nitrogen and oxygen atoms in total. The van der Waals surface area contributed by atoms with Crippen molar-refractivity contribution in [2.45, 2.75) is 31.7 Å². The fourth-order valence-corrected chi connectivity index (χ4v) is 6.56. The first-order chi connectivity index (χ1) is 19.9. The van der Waals surface area contributed by atoms with Gasteiger partial charge in [0, 0.05) is 37.7 Å².